The summed E-state index contributed by atoms with van der Waals surface area (Å²) in [4.78, 5) is 8.89. The van der Waals surface area contributed by atoms with E-state index in [2.05, 4.69) is 65.4 Å². The Balaban J connectivity index is 0.000000162. The van der Waals surface area contributed by atoms with Gasteiger partial charge in [0.05, 0.1) is 22.2 Å². The van der Waals surface area contributed by atoms with Gasteiger partial charge in [0.2, 0.25) is 0 Å². The summed E-state index contributed by atoms with van der Waals surface area (Å²) in [6.07, 6.45) is 8.55. The van der Waals surface area contributed by atoms with E-state index in [1.54, 1.807) is 12.4 Å². The van der Waals surface area contributed by atoms with Crippen molar-refractivity contribution in [1.82, 2.24) is 9.97 Å². The van der Waals surface area contributed by atoms with Crippen molar-refractivity contribution in [2.45, 2.75) is 89.9 Å². The summed E-state index contributed by atoms with van der Waals surface area (Å²) in [6.45, 7) is 17.3. The molecule has 0 aliphatic heterocycles. The van der Waals surface area contributed by atoms with Gasteiger partial charge in [0, 0.05) is 32.7 Å². The minimum absolute atomic E-state index is 0.126. The Morgan fingerprint density at radius 1 is 0.643 bits per heavy atom. The van der Waals surface area contributed by atoms with Crippen molar-refractivity contribution in [2.75, 3.05) is 0 Å². The molecule has 2 N–H and O–H groups in total. The average molecular weight is 387 g/mol. The average Bonchev–Trinajstić information content (AvgIpc) is 2.87. The molecule has 0 radical (unpaired) electrons. The highest BCUT2D eigenvalue weighted by atomic mass is 16.5. The van der Waals surface area contributed by atoms with E-state index in [4.69, 9.17) is 0 Å². The standard InChI is InChI=1S/C11H18N2O2.C11H16N2/c1-10(2)7-11(3,4)9-8(10)12(14)5-6-13(9)15;1-10(2)7-11(3,4)9-8(10)12-5-6-13-9/h5-6,14-15H,7H2,1-4H3;5-6H,7H2,1-4H3/q+2;. The second kappa shape index (κ2) is 6.13. The van der Waals surface area contributed by atoms with Crippen LogP contribution in [0.15, 0.2) is 24.8 Å². The summed E-state index contributed by atoms with van der Waals surface area (Å²) in [5.41, 5.74) is 4.06. The molecule has 0 saturated carbocycles. The van der Waals surface area contributed by atoms with Crippen molar-refractivity contribution in [3.05, 3.63) is 47.6 Å². The van der Waals surface area contributed by atoms with Gasteiger partial charge in [0.1, 0.15) is 0 Å². The first-order chi connectivity index (χ1) is 12.7. The summed E-state index contributed by atoms with van der Waals surface area (Å²) < 4.78 is 2.24. The fourth-order valence-corrected chi connectivity index (χ4v) is 5.63. The first-order valence-electron chi connectivity index (χ1n) is 9.91. The van der Waals surface area contributed by atoms with Gasteiger partial charge in [-0.15, -0.1) is 0 Å². The lowest BCUT2D eigenvalue weighted by Gasteiger charge is -2.21. The number of nitrogens with zero attached hydrogens (tertiary/aromatic N) is 4. The largest absolute Gasteiger partial charge is 0.311 e. The second-order valence-electron chi connectivity index (χ2n) is 10.8. The summed E-state index contributed by atoms with van der Waals surface area (Å²) in [6, 6.07) is 0. The zero-order valence-electron chi connectivity index (χ0n) is 18.4. The van der Waals surface area contributed by atoms with Crippen LogP contribution in [0.1, 0.15) is 91.0 Å². The van der Waals surface area contributed by atoms with Crippen molar-refractivity contribution >= 4 is 0 Å². The van der Waals surface area contributed by atoms with E-state index in [0.717, 1.165) is 33.7 Å². The van der Waals surface area contributed by atoms with E-state index >= 15 is 0 Å². The summed E-state index contributed by atoms with van der Waals surface area (Å²) in [7, 11) is 0. The van der Waals surface area contributed by atoms with E-state index in [1.807, 2.05) is 0 Å². The van der Waals surface area contributed by atoms with Gasteiger partial charge in [-0.2, -0.15) is 0 Å². The molecule has 0 unspecified atom stereocenters. The third-order valence-corrected chi connectivity index (χ3v) is 6.06. The van der Waals surface area contributed by atoms with Gasteiger partial charge in [-0.25, -0.2) is 0 Å². The van der Waals surface area contributed by atoms with Crippen molar-refractivity contribution in [3.8, 4) is 0 Å². The molecule has 2 aliphatic rings. The van der Waals surface area contributed by atoms with Crippen molar-refractivity contribution in [2.24, 2.45) is 0 Å². The number of hydrogen-bond donors (Lipinski definition) is 2. The maximum Gasteiger partial charge on any atom is 0.311 e. The smallest absolute Gasteiger partial charge is 0.284 e. The molecule has 0 bridgehead atoms. The first-order valence-corrected chi connectivity index (χ1v) is 9.91. The zero-order chi connectivity index (χ0) is 21.1. The Kier molecular flexibility index (Phi) is 4.49. The topological polar surface area (TPSA) is 74.0 Å². The zero-order valence-corrected chi connectivity index (χ0v) is 18.4. The molecule has 0 atom stereocenters. The minimum Gasteiger partial charge on any atom is -0.284 e. The van der Waals surface area contributed by atoms with Crippen molar-refractivity contribution in [3.63, 3.8) is 0 Å². The molecule has 0 fully saturated rings. The van der Waals surface area contributed by atoms with Crippen LogP contribution in [-0.2, 0) is 21.7 Å². The van der Waals surface area contributed by atoms with Gasteiger partial charge in [-0.3, -0.25) is 20.4 Å². The van der Waals surface area contributed by atoms with E-state index in [9.17, 15) is 10.4 Å². The normalized spacial score (nSPS) is 22.0. The van der Waals surface area contributed by atoms with Gasteiger partial charge < -0.3 is 0 Å². The van der Waals surface area contributed by atoms with Crippen LogP contribution in [0.4, 0.5) is 0 Å². The lowest BCUT2D eigenvalue weighted by Crippen LogP contribution is -2.49. The molecule has 0 aromatic carbocycles. The summed E-state index contributed by atoms with van der Waals surface area (Å²) in [5, 5.41) is 19.6. The Labute approximate surface area is 167 Å². The molecule has 4 rings (SSSR count). The number of aromatic nitrogens is 4. The van der Waals surface area contributed by atoms with Crippen LogP contribution < -0.4 is 9.46 Å². The van der Waals surface area contributed by atoms with Gasteiger partial charge in [0.25, 0.3) is 12.4 Å². The van der Waals surface area contributed by atoms with E-state index in [1.165, 1.54) is 23.8 Å². The quantitative estimate of drug-likeness (QED) is 0.539. The fraction of sp³-hybridized carbons (Fsp3) is 0.636. The van der Waals surface area contributed by atoms with E-state index in [-0.39, 0.29) is 21.7 Å². The first kappa shape index (κ1) is 20.5. The Bertz CT molecular complexity index is 845. The maximum absolute atomic E-state index is 9.82. The lowest BCUT2D eigenvalue weighted by molar-refractivity contribution is -0.954. The fourth-order valence-electron chi connectivity index (χ4n) is 5.63. The molecule has 28 heavy (non-hydrogen) atoms. The van der Waals surface area contributed by atoms with Gasteiger partial charge in [-0.1, -0.05) is 27.7 Å². The van der Waals surface area contributed by atoms with Gasteiger partial charge >= 0.3 is 11.4 Å². The molecule has 2 heterocycles. The van der Waals surface area contributed by atoms with Crippen LogP contribution in [0, 0.1) is 0 Å². The van der Waals surface area contributed by atoms with Crippen molar-refractivity contribution < 1.29 is 19.9 Å². The molecule has 6 nitrogen and oxygen atoms in total. The summed E-state index contributed by atoms with van der Waals surface area (Å²) in [5.74, 6) is 0. The highest BCUT2D eigenvalue weighted by Crippen LogP contribution is 2.47. The van der Waals surface area contributed by atoms with Crippen LogP contribution in [0.25, 0.3) is 0 Å². The monoisotopic (exact) mass is 386 g/mol. The van der Waals surface area contributed by atoms with Crippen LogP contribution >= 0.6 is 0 Å². The lowest BCUT2D eigenvalue weighted by atomic mass is 9.83. The number of hydrogen-bond acceptors (Lipinski definition) is 4. The summed E-state index contributed by atoms with van der Waals surface area (Å²) >= 11 is 0. The third kappa shape index (κ3) is 3.23. The number of fused-ring (bicyclic) bond motifs is 2. The molecule has 0 amide bonds. The Morgan fingerprint density at radius 2 is 0.964 bits per heavy atom. The molecule has 2 aromatic rings. The molecular formula is C22H34N4O2+2. The van der Waals surface area contributed by atoms with Crippen molar-refractivity contribution in [1.29, 1.82) is 0 Å². The molecular weight excluding hydrogens is 352 g/mol. The third-order valence-electron chi connectivity index (χ3n) is 6.06. The van der Waals surface area contributed by atoms with E-state index < -0.39 is 0 Å². The molecule has 2 aromatic heterocycles. The van der Waals surface area contributed by atoms with Crippen LogP contribution in [0.5, 0.6) is 0 Å². The number of rotatable bonds is 0. The highest BCUT2D eigenvalue weighted by molar-refractivity contribution is 5.34. The molecule has 152 valence electrons. The predicted molar refractivity (Wildman–Crippen MR) is 105 cm³/mol. The minimum atomic E-state index is -0.126. The second-order valence-corrected chi connectivity index (χ2v) is 10.8. The van der Waals surface area contributed by atoms with Crippen LogP contribution in [0.2, 0.25) is 0 Å². The Hall–Kier alpha value is -2.24. The Morgan fingerprint density at radius 3 is 1.32 bits per heavy atom. The molecule has 2 aliphatic carbocycles. The predicted octanol–water partition coefficient (Wildman–Crippen LogP) is 3.13. The van der Waals surface area contributed by atoms with Crippen LogP contribution in [-0.4, -0.2) is 20.4 Å². The van der Waals surface area contributed by atoms with Gasteiger partial charge in [-0.05, 0) is 40.5 Å². The van der Waals surface area contributed by atoms with Crippen LogP contribution in [0.3, 0.4) is 0 Å². The van der Waals surface area contributed by atoms with E-state index in [0.29, 0.717) is 0 Å². The SMILES string of the molecule is CC1(C)CC(C)(C)c2c1[n+](O)cc[n+]2O.CC1(C)CC(C)(C)c2nccnc21. The molecule has 0 saturated heterocycles. The molecule has 6 heteroatoms. The molecule has 0 spiro atoms. The van der Waals surface area contributed by atoms with Gasteiger partial charge in [0.15, 0.2) is 0 Å². The maximum atomic E-state index is 9.82. The highest BCUT2D eigenvalue weighted by Gasteiger charge is 2.57.